The van der Waals surface area contributed by atoms with Crippen LogP contribution in [0.4, 0.5) is 0 Å². The van der Waals surface area contributed by atoms with Crippen LogP contribution in [0.2, 0.25) is 5.82 Å². The molecule has 0 rings (SSSR count). The minimum absolute atomic E-state index is 0.0630. The van der Waals surface area contributed by atoms with Crippen molar-refractivity contribution in [2.24, 2.45) is 0 Å². The van der Waals surface area contributed by atoms with Crippen molar-refractivity contribution < 1.29 is 0 Å². The van der Waals surface area contributed by atoms with Gasteiger partial charge in [0.25, 0.3) is 0 Å². The third-order valence-electron chi connectivity index (χ3n) is 2.31. The van der Waals surface area contributed by atoms with Crippen molar-refractivity contribution in [3.8, 4) is 0 Å². The van der Waals surface area contributed by atoms with Gasteiger partial charge >= 0.3 is 0 Å². The molecule has 2 radical (unpaired) electrons. The number of thiol groups is 1. The average Bonchev–Trinajstić information content (AvgIpc) is 1.99. The Labute approximate surface area is 90.0 Å². The van der Waals surface area contributed by atoms with Crippen molar-refractivity contribution in [1.82, 2.24) is 0 Å². The maximum absolute atomic E-state index is 5.99. The fourth-order valence-corrected chi connectivity index (χ4v) is 1.32. The molecule has 0 bridgehead atoms. The standard InChI is InChI=1S/C11H21BS/c1-5-6-9(2)7-8-10(12)11(3,4)13/h6,10,13H,5,7-8H2,1-4H3/b9-6+. The first-order valence-electron chi connectivity index (χ1n) is 5.01. The first-order chi connectivity index (χ1) is 5.88. The predicted molar refractivity (Wildman–Crippen MR) is 65.9 cm³/mol. The predicted octanol–water partition coefficient (Wildman–Crippen LogP) is 3.79. The molecule has 0 saturated carbocycles. The first-order valence-corrected chi connectivity index (χ1v) is 5.46. The highest BCUT2D eigenvalue weighted by molar-refractivity contribution is 7.81. The smallest absolute Gasteiger partial charge is 0.0718 e. The zero-order valence-corrected chi connectivity index (χ0v) is 10.2. The van der Waals surface area contributed by atoms with E-state index in [1.165, 1.54) is 5.57 Å². The van der Waals surface area contributed by atoms with Crippen LogP contribution in [0.25, 0.3) is 0 Å². The third kappa shape index (κ3) is 6.26. The summed E-state index contributed by atoms with van der Waals surface area (Å²) in [7, 11) is 5.99. The van der Waals surface area contributed by atoms with Crippen molar-refractivity contribution in [2.75, 3.05) is 0 Å². The molecule has 0 aliphatic rings. The summed E-state index contributed by atoms with van der Waals surface area (Å²) in [4.78, 5) is 0. The highest BCUT2D eigenvalue weighted by Crippen LogP contribution is 2.31. The van der Waals surface area contributed by atoms with Gasteiger partial charge in [0.15, 0.2) is 0 Å². The Hall–Kier alpha value is 0.155. The van der Waals surface area contributed by atoms with Crippen LogP contribution in [-0.4, -0.2) is 12.6 Å². The maximum Gasteiger partial charge on any atom is 0.0718 e. The SMILES string of the molecule is [B]C(CC/C(C)=C/CC)C(C)(C)S. The molecular formula is C11H21BS. The van der Waals surface area contributed by atoms with Crippen LogP contribution < -0.4 is 0 Å². The van der Waals surface area contributed by atoms with Crippen LogP contribution in [0.1, 0.15) is 47.0 Å². The van der Waals surface area contributed by atoms with Crippen molar-refractivity contribution >= 4 is 20.5 Å². The van der Waals surface area contributed by atoms with Gasteiger partial charge < -0.3 is 0 Å². The molecule has 0 saturated heterocycles. The molecule has 1 unspecified atom stereocenters. The van der Waals surface area contributed by atoms with E-state index >= 15 is 0 Å². The minimum atomic E-state index is -0.0630. The Kier molecular flexibility index (Phi) is 5.86. The van der Waals surface area contributed by atoms with Gasteiger partial charge in [0.05, 0.1) is 7.85 Å². The molecule has 0 aliphatic carbocycles. The van der Waals surface area contributed by atoms with Crippen LogP contribution in [0.3, 0.4) is 0 Å². The van der Waals surface area contributed by atoms with E-state index in [-0.39, 0.29) is 10.6 Å². The lowest BCUT2D eigenvalue weighted by Crippen LogP contribution is -2.19. The molecule has 0 N–H and O–H groups in total. The lowest BCUT2D eigenvalue weighted by atomic mass is 9.74. The molecule has 0 spiro atoms. The highest BCUT2D eigenvalue weighted by atomic mass is 32.1. The normalized spacial score (nSPS) is 15.9. The molecule has 0 aliphatic heterocycles. The van der Waals surface area contributed by atoms with Crippen LogP contribution in [-0.2, 0) is 0 Å². The number of hydrogen-bond acceptors (Lipinski definition) is 1. The monoisotopic (exact) mass is 196 g/mol. The molecular weight excluding hydrogens is 175 g/mol. The van der Waals surface area contributed by atoms with Crippen molar-refractivity contribution in [2.45, 2.75) is 57.5 Å². The maximum atomic E-state index is 5.99. The van der Waals surface area contributed by atoms with Crippen LogP contribution in [0.5, 0.6) is 0 Å². The second-order valence-corrected chi connectivity index (χ2v) is 5.41. The van der Waals surface area contributed by atoms with Crippen LogP contribution in [0.15, 0.2) is 11.6 Å². The van der Waals surface area contributed by atoms with E-state index in [9.17, 15) is 0 Å². The fraction of sp³-hybridized carbons (Fsp3) is 0.818. The van der Waals surface area contributed by atoms with Gasteiger partial charge in [-0.3, -0.25) is 0 Å². The van der Waals surface area contributed by atoms with Gasteiger partial charge in [0, 0.05) is 4.75 Å². The van der Waals surface area contributed by atoms with Gasteiger partial charge in [0.1, 0.15) is 0 Å². The summed E-state index contributed by atoms with van der Waals surface area (Å²) in [5.74, 6) is 0.177. The number of hydrogen-bond donors (Lipinski definition) is 1. The summed E-state index contributed by atoms with van der Waals surface area (Å²) in [5.41, 5.74) is 1.44. The lowest BCUT2D eigenvalue weighted by molar-refractivity contribution is 0.602. The van der Waals surface area contributed by atoms with Gasteiger partial charge in [0.2, 0.25) is 0 Å². The largest absolute Gasteiger partial charge is 0.174 e. The molecule has 2 heteroatoms. The Morgan fingerprint density at radius 2 is 2.08 bits per heavy atom. The molecule has 0 fully saturated rings. The molecule has 0 aromatic heterocycles. The number of rotatable bonds is 5. The van der Waals surface area contributed by atoms with E-state index in [1.807, 2.05) is 0 Å². The van der Waals surface area contributed by atoms with Gasteiger partial charge in [-0.2, -0.15) is 12.6 Å². The van der Waals surface area contributed by atoms with E-state index in [2.05, 4.69) is 46.4 Å². The Morgan fingerprint density at radius 3 is 2.46 bits per heavy atom. The second kappa shape index (κ2) is 5.80. The summed E-state index contributed by atoms with van der Waals surface area (Å²) in [6.45, 7) is 8.47. The van der Waals surface area contributed by atoms with E-state index in [0.717, 1.165) is 19.3 Å². The Bertz CT molecular complexity index is 167. The molecule has 13 heavy (non-hydrogen) atoms. The molecule has 0 heterocycles. The van der Waals surface area contributed by atoms with Gasteiger partial charge in [-0.1, -0.05) is 44.7 Å². The topological polar surface area (TPSA) is 0 Å². The molecule has 1 atom stereocenters. The quantitative estimate of drug-likeness (QED) is 0.386. The van der Waals surface area contributed by atoms with Crippen molar-refractivity contribution in [3.63, 3.8) is 0 Å². The van der Waals surface area contributed by atoms with Gasteiger partial charge in [-0.15, -0.1) is 0 Å². The molecule has 0 amide bonds. The number of allylic oxidation sites excluding steroid dienone is 2. The zero-order valence-electron chi connectivity index (χ0n) is 9.30. The summed E-state index contributed by atoms with van der Waals surface area (Å²) in [6.07, 6.45) is 5.50. The summed E-state index contributed by atoms with van der Waals surface area (Å²) >= 11 is 4.46. The minimum Gasteiger partial charge on any atom is -0.174 e. The average molecular weight is 196 g/mol. The molecule has 0 nitrogen and oxygen atoms in total. The van der Waals surface area contributed by atoms with E-state index < -0.39 is 0 Å². The van der Waals surface area contributed by atoms with Crippen molar-refractivity contribution in [3.05, 3.63) is 11.6 Å². The summed E-state index contributed by atoms with van der Waals surface area (Å²) < 4.78 is -0.0630. The van der Waals surface area contributed by atoms with Crippen LogP contribution in [0, 0.1) is 0 Å². The first kappa shape index (κ1) is 13.2. The lowest BCUT2D eigenvalue weighted by Gasteiger charge is -2.26. The third-order valence-corrected chi connectivity index (χ3v) is 2.64. The van der Waals surface area contributed by atoms with Crippen LogP contribution >= 0.6 is 12.6 Å². The van der Waals surface area contributed by atoms with Crippen molar-refractivity contribution in [1.29, 1.82) is 0 Å². The van der Waals surface area contributed by atoms with E-state index in [0.29, 0.717) is 0 Å². The Balaban J connectivity index is 3.83. The zero-order chi connectivity index (χ0) is 10.5. The Morgan fingerprint density at radius 1 is 1.54 bits per heavy atom. The second-order valence-electron chi connectivity index (χ2n) is 4.26. The highest BCUT2D eigenvalue weighted by Gasteiger charge is 2.19. The van der Waals surface area contributed by atoms with Gasteiger partial charge in [-0.05, 0) is 19.8 Å². The van der Waals surface area contributed by atoms with E-state index in [1.54, 1.807) is 0 Å². The fourth-order valence-electron chi connectivity index (χ4n) is 1.19. The summed E-state index contributed by atoms with van der Waals surface area (Å²) in [6, 6.07) is 0. The molecule has 74 valence electrons. The summed E-state index contributed by atoms with van der Waals surface area (Å²) in [5, 5.41) is 0. The van der Waals surface area contributed by atoms with Gasteiger partial charge in [-0.25, -0.2) is 0 Å². The molecule has 0 aromatic rings. The molecule has 0 aromatic carbocycles. The van der Waals surface area contributed by atoms with E-state index in [4.69, 9.17) is 7.85 Å².